The molecule has 0 atom stereocenters. The van der Waals surface area contributed by atoms with Crippen LogP contribution in [0, 0.1) is 0 Å². The van der Waals surface area contributed by atoms with Crippen LogP contribution in [-0.2, 0) is 14.3 Å². The lowest BCUT2D eigenvalue weighted by Crippen LogP contribution is -2.27. The van der Waals surface area contributed by atoms with Crippen LogP contribution in [0.3, 0.4) is 0 Å². The predicted molar refractivity (Wildman–Crippen MR) is 125 cm³/mol. The summed E-state index contributed by atoms with van der Waals surface area (Å²) in [6.45, 7) is -0.443. The Kier molecular flexibility index (Phi) is 6.77. The number of carbonyl (C=O) groups excluding carboxylic acids is 3. The highest BCUT2D eigenvalue weighted by Gasteiger charge is 2.25. The van der Waals surface area contributed by atoms with Crippen LogP contribution < -0.4 is 10.6 Å². The van der Waals surface area contributed by atoms with Crippen molar-refractivity contribution in [2.45, 2.75) is 18.9 Å². The summed E-state index contributed by atoms with van der Waals surface area (Å²) in [4.78, 5) is 38.5. The summed E-state index contributed by atoms with van der Waals surface area (Å²) in [6.07, 6.45) is 4.91. The van der Waals surface area contributed by atoms with E-state index in [0.717, 1.165) is 28.2 Å². The van der Waals surface area contributed by atoms with Crippen LogP contribution in [0.2, 0.25) is 0 Å². The molecule has 6 nitrogen and oxygen atoms in total. The number of amides is 2. The van der Waals surface area contributed by atoms with Crippen LogP contribution in [-0.4, -0.2) is 30.4 Å². The van der Waals surface area contributed by atoms with E-state index < -0.39 is 18.5 Å². The van der Waals surface area contributed by atoms with Crippen LogP contribution in [0.25, 0.3) is 16.5 Å². The van der Waals surface area contributed by atoms with Crippen LogP contribution in [0.5, 0.6) is 0 Å². The molecule has 0 unspecified atom stereocenters. The Hall–Kier alpha value is -3.71. The molecular weight excluding hydrogens is 424 g/mol. The summed E-state index contributed by atoms with van der Waals surface area (Å²) in [5, 5.41) is 5.53. The molecule has 2 amide bonds. The minimum absolute atomic E-state index is 0.214. The second-order valence-electron chi connectivity index (χ2n) is 7.35. The Balaban J connectivity index is 1.28. The van der Waals surface area contributed by atoms with Crippen molar-refractivity contribution in [2.75, 3.05) is 11.9 Å². The van der Waals surface area contributed by atoms with Gasteiger partial charge in [-0.2, -0.15) is 0 Å². The van der Waals surface area contributed by atoms with Crippen molar-refractivity contribution in [3.05, 3.63) is 83.2 Å². The van der Waals surface area contributed by atoms with Gasteiger partial charge in [-0.05, 0) is 48.7 Å². The van der Waals surface area contributed by atoms with Gasteiger partial charge in [-0.15, -0.1) is 11.3 Å². The molecule has 162 valence electrons. The summed E-state index contributed by atoms with van der Waals surface area (Å²) in [5.74, 6) is -1.36. The van der Waals surface area contributed by atoms with Crippen LogP contribution >= 0.6 is 11.3 Å². The second-order valence-corrected chi connectivity index (χ2v) is 8.47. The van der Waals surface area contributed by atoms with Crippen molar-refractivity contribution in [3.8, 4) is 10.4 Å². The zero-order chi connectivity index (χ0) is 22.3. The van der Waals surface area contributed by atoms with Crippen molar-refractivity contribution >= 4 is 40.9 Å². The molecule has 3 aromatic rings. The van der Waals surface area contributed by atoms with Crippen molar-refractivity contribution < 1.29 is 19.1 Å². The third kappa shape index (κ3) is 5.92. The zero-order valence-corrected chi connectivity index (χ0v) is 18.1. The summed E-state index contributed by atoms with van der Waals surface area (Å²) in [7, 11) is 0. The normalized spacial score (nSPS) is 13.0. The zero-order valence-electron chi connectivity index (χ0n) is 17.2. The fourth-order valence-electron chi connectivity index (χ4n) is 3.00. The first kappa shape index (κ1) is 21.5. The van der Waals surface area contributed by atoms with Crippen molar-refractivity contribution in [2.24, 2.45) is 0 Å². The van der Waals surface area contributed by atoms with E-state index in [1.807, 2.05) is 42.5 Å². The molecule has 1 aromatic heterocycles. The Morgan fingerprint density at radius 3 is 2.50 bits per heavy atom. The number of para-hydroxylation sites is 1. The molecule has 4 rings (SSSR count). The van der Waals surface area contributed by atoms with E-state index in [1.165, 1.54) is 6.08 Å². The quantitative estimate of drug-likeness (QED) is 0.394. The molecule has 0 saturated heterocycles. The second kappa shape index (κ2) is 10.1. The van der Waals surface area contributed by atoms with E-state index >= 15 is 0 Å². The fraction of sp³-hybridized carbons (Fsp3) is 0.160. The number of carbonyl (C=O) groups is 3. The molecule has 1 saturated carbocycles. The van der Waals surface area contributed by atoms with Crippen molar-refractivity contribution in [1.29, 1.82) is 0 Å². The van der Waals surface area contributed by atoms with Gasteiger partial charge in [-0.1, -0.05) is 42.5 Å². The van der Waals surface area contributed by atoms with Gasteiger partial charge >= 0.3 is 5.97 Å². The molecule has 1 aliphatic carbocycles. The van der Waals surface area contributed by atoms with E-state index in [-0.39, 0.29) is 11.9 Å². The van der Waals surface area contributed by atoms with Gasteiger partial charge in [0, 0.05) is 21.9 Å². The average molecular weight is 447 g/mol. The molecule has 1 heterocycles. The number of hydrogen-bond acceptors (Lipinski definition) is 5. The van der Waals surface area contributed by atoms with E-state index in [0.29, 0.717) is 11.3 Å². The monoisotopic (exact) mass is 446 g/mol. The summed E-state index contributed by atoms with van der Waals surface area (Å²) in [6, 6.07) is 20.9. The third-order valence-corrected chi connectivity index (χ3v) is 5.87. The molecule has 2 N–H and O–H groups in total. The average Bonchev–Trinajstić information content (AvgIpc) is 3.50. The Labute approximate surface area is 189 Å². The van der Waals surface area contributed by atoms with E-state index in [9.17, 15) is 14.4 Å². The molecule has 1 aliphatic rings. The topological polar surface area (TPSA) is 84.5 Å². The highest BCUT2D eigenvalue weighted by Crippen LogP contribution is 2.28. The maximum absolute atomic E-state index is 12.3. The number of nitrogens with one attached hydrogen (secondary N) is 2. The lowest BCUT2D eigenvalue weighted by atomic mass is 10.1. The van der Waals surface area contributed by atoms with Crippen molar-refractivity contribution in [3.63, 3.8) is 0 Å². The minimum Gasteiger partial charge on any atom is -0.452 e. The standard InChI is InChI=1S/C25H22N2O4S/c28-23(27-21-9-5-4-8-20(21)25(30)26-18-10-11-18)16-31-24(29)15-13-19-12-14-22(32-19)17-6-2-1-3-7-17/h1-9,12-15,18H,10-11,16H2,(H,26,30)(H,27,28)/b15-13+. The first-order valence-electron chi connectivity index (χ1n) is 10.3. The lowest BCUT2D eigenvalue weighted by Gasteiger charge is -2.11. The Bertz CT molecular complexity index is 1150. The summed E-state index contributed by atoms with van der Waals surface area (Å²) in [5.41, 5.74) is 1.88. The molecule has 1 fully saturated rings. The maximum Gasteiger partial charge on any atom is 0.331 e. The van der Waals surface area contributed by atoms with Gasteiger partial charge in [-0.25, -0.2) is 4.79 Å². The first-order chi connectivity index (χ1) is 15.6. The minimum atomic E-state index is -0.616. The van der Waals surface area contributed by atoms with Gasteiger partial charge in [0.15, 0.2) is 6.61 Å². The number of rotatable bonds is 8. The number of anilines is 1. The van der Waals surface area contributed by atoms with Gasteiger partial charge in [-0.3, -0.25) is 9.59 Å². The van der Waals surface area contributed by atoms with Gasteiger partial charge in [0.25, 0.3) is 11.8 Å². The van der Waals surface area contributed by atoms with E-state index in [2.05, 4.69) is 10.6 Å². The smallest absolute Gasteiger partial charge is 0.331 e. The highest BCUT2D eigenvalue weighted by molar-refractivity contribution is 7.16. The molecule has 0 spiro atoms. The molecule has 7 heteroatoms. The Morgan fingerprint density at radius 1 is 0.969 bits per heavy atom. The van der Waals surface area contributed by atoms with Gasteiger partial charge in [0.05, 0.1) is 11.3 Å². The van der Waals surface area contributed by atoms with Crippen LogP contribution in [0.4, 0.5) is 5.69 Å². The largest absolute Gasteiger partial charge is 0.452 e. The molecule has 0 aliphatic heterocycles. The molecule has 0 radical (unpaired) electrons. The Morgan fingerprint density at radius 2 is 1.72 bits per heavy atom. The number of esters is 1. The van der Waals surface area contributed by atoms with Gasteiger partial charge in [0.1, 0.15) is 0 Å². The molecule has 2 aromatic carbocycles. The van der Waals surface area contributed by atoms with E-state index in [4.69, 9.17) is 4.74 Å². The fourth-order valence-corrected chi connectivity index (χ4v) is 3.92. The number of ether oxygens (including phenoxy) is 1. The van der Waals surface area contributed by atoms with Crippen molar-refractivity contribution in [1.82, 2.24) is 5.32 Å². The SMILES string of the molecule is O=C(COC(=O)/C=C/c1ccc(-c2ccccc2)s1)Nc1ccccc1C(=O)NC1CC1. The third-order valence-electron chi connectivity index (χ3n) is 4.77. The van der Waals surface area contributed by atoms with Gasteiger partial charge in [0.2, 0.25) is 0 Å². The van der Waals surface area contributed by atoms with Crippen LogP contribution in [0.1, 0.15) is 28.1 Å². The molecular formula is C25H22N2O4S. The van der Waals surface area contributed by atoms with Gasteiger partial charge < -0.3 is 15.4 Å². The summed E-state index contributed by atoms with van der Waals surface area (Å²) < 4.78 is 5.03. The molecule has 32 heavy (non-hydrogen) atoms. The van der Waals surface area contributed by atoms with Crippen LogP contribution in [0.15, 0.2) is 72.8 Å². The number of benzene rings is 2. The maximum atomic E-state index is 12.3. The number of hydrogen-bond donors (Lipinski definition) is 2. The summed E-state index contributed by atoms with van der Waals surface area (Å²) >= 11 is 1.56. The lowest BCUT2D eigenvalue weighted by molar-refractivity contribution is -0.142. The molecule has 0 bridgehead atoms. The number of thiophene rings is 1. The predicted octanol–water partition coefficient (Wildman–Crippen LogP) is 4.50. The van der Waals surface area contributed by atoms with E-state index in [1.54, 1.807) is 41.7 Å². The first-order valence-corrected chi connectivity index (χ1v) is 11.1. The highest BCUT2D eigenvalue weighted by atomic mass is 32.1.